The molecule has 2 heterocycles. The van der Waals surface area contributed by atoms with E-state index in [1.807, 2.05) is 29.1 Å². The number of guanidine groups is 1. The summed E-state index contributed by atoms with van der Waals surface area (Å²) in [6.07, 6.45) is 4.90. The lowest BCUT2D eigenvalue weighted by Crippen LogP contribution is -2.38. The van der Waals surface area contributed by atoms with Crippen molar-refractivity contribution in [2.45, 2.75) is 19.9 Å². The Morgan fingerprint density at radius 1 is 1.16 bits per heavy atom. The van der Waals surface area contributed by atoms with Crippen LogP contribution in [0.15, 0.2) is 65.2 Å². The molecular formula is C19H23N5S. The van der Waals surface area contributed by atoms with Gasteiger partial charge in [0.2, 0.25) is 0 Å². The number of aromatic nitrogens is 2. The molecule has 130 valence electrons. The first kappa shape index (κ1) is 17.2. The van der Waals surface area contributed by atoms with Crippen molar-refractivity contribution >= 4 is 17.3 Å². The van der Waals surface area contributed by atoms with Crippen molar-refractivity contribution in [2.24, 2.45) is 4.99 Å². The van der Waals surface area contributed by atoms with Gasteiger partial charge in [-0.2, -0.15) is 5.10 Å². The lowest BCUT2D eigenvalue weighted by atomic mass is 10.2. The molecule has 2 N–H and O–H groups in total. The molecule has 3 rings (SSSR count). The Morgan fingerprint density at radius 2 is 2.04 bits per heavy atom. The van der Waals surface area contributed by atoms with Crippen molar-refractivity contribution in [1.29, 1.82) is 0 Å². The van der Waals surface area contributed by atoms with E-state index in [0.29, 0.717) is 6.54 Å². The predicted octanol–water partition coefficient (Wildman–Crippen LogP) is 3.23. The normalized spacial score (nSPS) is 11.5. The number of nitrogens with one attached hydrogen (secondary N) is 2. The van der Waals surface area contributed by atoms with Crippen LogP contribution in [-0.2, 0) is 13.0 Å². The highest BCUT2D eigenvalue weighted by atomic mass is 32.1. The molecule has 0 atom stereocenters. The van der Waals surface area contributed by atoms with E-state index in [1.54, 1.807) is 11.3 Å². The van der Waals surface area contributed by atoms with Crippen molar-refractivity contribution in [3.8, 4) is 5.69 Å². The molecule has 0 spiro atoms. The number of nitrogens with zero attached hydrogens (tertiary/aromatic N) is 3. The van der Waals surface area contributed by atoms with Crippen molar-refractivity contribution < 1.29 is 0 Å². The third kappa shape index (κ3) is 5.19. The Bertz CT molecular complexity index is 777. The summed E-state index contributed by atoms with van der Waals surface area (Å²) in [5.74, 6) is 0.853. The highest BCUT2D eigenvalue weighted by molar-refractivity contribution is 7.09. The Kier molecular flexibility index (Phi) is 6.23. The molecule has 0 aliphatic heterocycles. The fourth-order valence-electron chi connectivity index (χ4n) is 2.44. The zero-order chi connectivity index (χ0) is 17.3. The van der Waals surface area contributed by atoms with Gasteiger partial charge < -0.3 is 10.6 Å². The second kappa shape index (κ2) is 9.03. The smallest absolute Gasteiger partial charge is 0.191 e. The monoisotopic (exact) mass is 353 g/mol. The van der Waals surface area contributed by atoms with E-state index in [2.05, 4.69) is 63.5 Å². The molecule has 0 aliphatic rings. The van der Waals surface area contributed by atoms with Crippen molar-refractivity contribution in [1.82, 2.24) is 20.4 Å². The van der Waals surface area contributed by atoms with Crippen LogP contribution < -0.4 is 10.6 Å². The fourth-order valence-corrected chi connectivity index (χ4v) is 3.07. The molecule has 0 bridgehead atoms. The second-order valence-electron chi connectivity index (χ2n) is 5.58. The van der Waals surface area contributed by atoms with Gasteiger partial charge in [0, 0.05) is 24.2 Å². The SMILES string of the molecule is CCNC(=NCc1cccs1)NCCc1cnn(-c2ccccc2)c1. The number of para-hydroxylation sites is 1. The highest BCUT2D eigenvalue weighted by Crippen LogP contribution is 2.09. The topological polar surface area (TPSA) is 54.2 Å². The first-order valence-electron chi connectivity index (χ1n) is 8.48. The molecule has 0 fully saturated rings. The van der Waals surface area contributed by atoms with E-state index in [-0.39, 0.29) is 0 Å². The number of hydrogen-bond donors (Lipinski definition) is 2. The Morgan fingerprint density at radius 3 is 2.80 bits per heavy atom. The highest BCUT2D eigenvalue weighted by Gasteiger charge is 2.02. The average molecular weight is 353 g/mol. The first-order valence-corrected chi connectivity index (χ1v) is 9.36. The van der Waals surface area contributed by atoms with Crippen molar-refractivity contribution in [2.75, 3.05) is 13.1 Å². The van der Waals surface area contributed by atoms with Crippen LogP contribution in [0.3, 0.4) is 0 Å². The Hall–Kier alpha value is -2.60. The third-order valence-corrected chi connectivity index (χ3v) is 4.54. The van der Waals surface area contributed by atoms with Gasteiger partial charge in [0.15, 0.2) is 5.96 Å². The quantitative estimate of drug-likeness (QED) is 0.506. The summed E-state index contributed by atoms with van der Waals surface area (Å²) in [6.45, 7) is 4.45. The van der Waals surface area contributed by atoms with E-state index < -0.39 is 0 Å². The predicted molar refractivity (Wildman–Crippen MR) is 104 cm³/mol. The van der Waals surface area contributed by atoms with Crippen LogP contribution in [0.1, 0.15) is 17.4 Å². The maximum absolute atomic E-state index is 4.62. The summed E-state index contributed by atoms with van der Waals surface area (Å²) in [7, 11) is 0. The minimum Gasteiger partial charge on any atom is -0.357 e. The molecule has 0 saturated carbocycles. The summed E-state index contributed by atoms with van der Waals surface area (Å²) in [6, 6.07) is 14.3. The summed E-state index contributed by atoms with van der Waals surface area (Å²) in [5, 5.41) is 13.2. The van der Waals surface area contributed by atoms with Gasteiger partial charge in [-0.05, 0) is 42.5 Å². The van der Waals surface area contributed by atoms with Crippen LogP contribution in [0.2, 0.25) is 0 Å². The van der Waals surface area contributed by atoms with Gasteiger partial charge in [-0.1, -0.05) is 24.3 Å². The molecule has 1 aromatic carbocycles. The number of aliphatic imine (C=N–C) groups is 1. The average Bonchev–Trinajstić information content (AvgIpc) is 3.32. The van der Waals surface area contributed by atoms with E-state index in [1.165, 1.54) is 10.4 Å². The molecule has 6 heteroatoms. The van der Waals surface area contributed by atoms with Crippen LogP contribution in [0.25, 0.3) is 5.69 Å². The minimum absolute atomic E-state index is 0.707. The number of rotatable bonds is 7. The number of benzene rings is 1. The first-order chi connectivity index (χ1) is 12.3. The molecular weight excluding hydrogens is 330 g/mol. The van der Waals surface area contributed by atoms with Gasteiger partial charge in [-0.15, -0.1) is 11.3 Å². The second-order valence-corrected chi connectivity index (χ2v) is 6.61. The van der Waals surface area contributed by atoms with Crippen molar-refractivity contribution in [3.63, 3.8) is 0 Å². The summed E-state index contributed by atoms with van der Waals surface area (Å²) in [5.41, 5.74) is 2.28. The van der Waals surface area contributed by atoms with E-state index >= 15 is 0 Å². The van der Waals surface area contributed by atoms with Gasteiger partial charge in [-0.3, -0.25) is 0 Å². The lowest BCUT2D eigenvalue weighted by Gasteiger charge is -2.10. The Balaban J connectivity index is 1.52. The van der Waals surface area contributed by atoms with E-state index in [4.69, 9.17) is 0 Å². The molecule has 0 amide bonds. The maximum Gasteiger partial charge on any atom is 0.191 e. The Labute approximate surface area is 152 Å². The fraction of sp³-hybridized carbons (Fsp3) is 0.263. The zero-order valence-electron chi connectivity index (χ0n) is 14.4. The van der Waals surface area contributed by atoms with E-state index in [0.717, 1.165) is 31.2 Å². The molecule has 3 aromatic rings. The molecule has 25 heavy (non-hydrogen) atoms. The van der Waals surface area contributed by atoms with Crippen LogP contribution in [0.4, 0.5) is 0 Å². The molecule has 0 unspecified atom stereocenters. The number of hydrogen-bond acceptors (Lipinski definition) is 3. The van der Waals surface area contributed by atoms with Gasteiger partial charge in [-0.25, -0.2) is 9.67 Å². The van der Waals surface area contributed by atoms with E-state index in [9.17, 15) is 0 Å². The molecule has 5 nitrogen and oxygen atoms in total. The standard InChI is InChI=1S/C19H23N5S/c1-2-20-19(22-14-18-9-6-12-25-18)21-11-10-16-13-23-24(15-16)17-7-4-3-5-8-17/h3-9,12-13,15H,2,10-11,14H2,1H3,(H2,20,21,22). The van der Waals surface area contributed by atoms with Gasteiger partial charge in [0.25, 0.3) is 0 Å². The van der Waals surface area contributed by atoms with Gasteiger partial charge >= 0.3 is 0 Å². The number of thiophene rings is 1. The van der Waals surface area contributed by atoms with Gasteiger partial charge in [0.1, 0.15) is 0 Å². The van der Waals surface area contributed by atoms with Crippen LogP contribution in [0.5, 0.6) is 0 Å². The largest absolute Gasteiger partial charge is 0.357 e. The maximum atomic E-state index is 4.62. The van der Waals surface area contributed by atoms with Crippen LogP contribution in [-0.4, -0.2) is 28.8 Å². The molecule has 2 aromatic heterocycles. The zero-order valence-corrected chi connectivity index (χ0v) is 15.2. The molecule has 0 radical (unpaired) electrons. The third-order valence-electron chi connectivity index (χ3n) is 3.68. The molecule has 0 saturated heterocycles. The van der Waals surface area contributed by atoms with Crippen molar-refractivity contribution in [3.05, 3.63) is 70.7 Å². The van der Waals surface area contributed by atoms with Gasteiger partial charge in [0.05, 0.1) is 18.4 Å². The summed E-state index contributed by atoms with van der Waals surface area (Å²) >= 11 is 1.73. The molecule has 0 aliphatic carbocycles. The van der Waals surface area contributed by atoms with Crippen LogP contribution >= 0.6 is 11.3 Å². The minimum atomic E-state index is 0.707. The van der Waals surface area contributed by atoms with Crippen LogP contribution in [0, 0.1) is 0 Å². The summed E-state index contributed by atoms with van der Waals surface area (Å²) < 4.78 is 1.91. The summed E-state index contributed by atoms with van der Waals surface area (Å²) in [4.78, 5) is 5.89. The lowest BCUT2D eigenvalue weighted by molar-refractivity contribution is 0.800.